The van der Waals surface area contributed by atoms with E-state index in [9.17, 15) is 14.4 Å². The Morgan fingerprint density at radius 1 is 1.18 bits per heavy atom. The molecule has 1 aromatic rings. The molecule has 0 saturated heterocycles. The molecular weight excluding hydrogens is 360 g/mol. The molecule has 0 radical (unpaired) electrons. The third-order valence-corrected chi connectivity index (χ3v) is 4.03. The molecule has 1 aromatic carbocycles. The van der Waals surface area contributed by atoms with Crippen LogP contribution in [0.2, 0.25) is 0 Å². The van der Waals surface area contributed by atoms with Crippen LogP contribution in [0.3, 0.4) is 0 Å². The van der Waals surface area contributed by atoms with Crippen LogP contribution in [0.4, 0.5) is 10.5 Å². The number of carbonyl (C=O) groups is 3. The zero-order valence-corrected chi connectivity index (χ0v) is 17.4. The van der Waals surface area contributed by atoms with Gasteiger partial charge in [0.2, 0.25) is 0 Å². The molecular formula is C21H30N2O5. The highest BCUT2D eigenvalue weighted by Gasteiger charge is 2.38. The van der Waals surface area contributed by atoms with Crippen molar-refractivity contribution in [2.45, 2.75) is 77.9 Å². The van der Waals surface area contributed by atoms with Crippen molar-refractivity contribution in [3.63, 3.8) is 0 Å². The predicted molar refractivity (Wildman–Crippen MR) is 106 cm³/mol. The van der Waals surface area contributed by atoms with Gasteiger partial charge in [-0.3, -0.25) is 14.5 Å². The largest absolute Gasteiger partial charge is 0.444 e. The highest BCUT2D eigenvalue weighted by Crippen LogP contribution is 2.30. The second kappa shape index (κ2) is 8.31. The molecule has 1 aliphatic heterocycles. The lowest BCUT2D eigenvalue weighted by Gasteiger charge is -2.34. The summed E-state index contributed by atoms with van der Waals surface area (Å²) in [6.45, 7) is 10.7. The first kappa shape index (κ1) is 21.9. The molecule has 7 nitrogen and oxygen atoms in total. The van der Waals surface area contributed by atoms with Crippen LogP contribution in [0.15, 0.2) is 24.3 Å². The number of hydrogen-bond acceptors (Lipinski definition) is 5. The van der Waals surface area contributed by atoms with E-state index < -0.39 is 35.5 Å². The third-order valence-electron chi connectivity index (χ3n) is 4.03. The highest BCUT2D eigenvalue weighted by atomic mass is 16.6. The van der Waals surface area contributed by atoms with Gasteiger partial charge in [-0.25, -0.2) is 4.79 Å². The second-order valence-corrected chi connectivity index (χ2v) is 8.83. The maximum atomic E-state index is 13.3. The van der Waals surface area contributed by atoms with E-state index in [1.165, 1.54) is 4.90 Å². The van der Waals surface area contributed by atoms with E-state index in [1.807, 2.05) is 32.9 Å². The van der Waals surface area contributed by atoms with Crippen molar-refractivity contribution in [3.8, 4) is 0 Å². The Morgan fingerprint density at radius 2 is 1.82 bits per heavy atom. The van der Waals surface area contributed by atoms with Gasteiger partial charge in [-0.15, -0.1) is 0 Å². The van der Waals surface area contributed by atoms with Crippen LogP contribution in [-0.4, -0.2) is 41.8 Å². The standard InChI is InChI=1S/C21H30N2O5/c1-20(2,3)27-17(13-24)23-16-10-8-7-9-14(16)11-12-15(18(23)25)22-19(26)28-21(4,5)6/h7-10,13,15,17H,11-12H2,1-6H3,(H,22,26). The van der Waals surface area contributed by atoms with Crippen molar-refractivity contribution in [1.29, 1.82) is 0 Å². The fourth-order valence-corrected chi connectivity index (χ4v) is 3.02. The topological polar surface area (TPSA) is 84.9 Å². The van der Waals surface area contributed by atoms with E-state index in [4.69, 9.17) is 9.47 Å². The molecule has 0 saturated carbocycles. The third kappa shape index (κ3) is 5.79. The number of ether oxygens (including phenoxy) is 2. The van der Waals surface area contributed by atoms with E-state index in [2.05, 4.69) is 5.32 Å². The van der Waals surface area contributed by atoms with Gasteiger partial charge in [0.1, 0.15) is 11.6 Å². The molecule has 0 fully saturated rings. The molecule has 0 aliphatic carbocycles. The van der Waals surface area contributed by atoms with Crippen LogP contribution in [0, 0.1) is 0 Å². The number of aldehydes is 1. The number of fused-ring (bicyclic) bond motifs is 1. The molecule has 0 aromatic heterocycles. The average molecular weight is 390 g/mol. The number of hydrogen-bond donors (Lipinski definition) is 1. The lowest BCUT2D eigenvalue weighted by atomic mass is 10.1. The van der Waals surface area contributed by atoms with E-state index in [-0.39, 0.29) is 0 Å². The quantitative estimate of drug-likeness (QED) is 0.798. The van der Waals surface area contributed by atoms with Crippen molar-refractivity contribution in [2.75, 3.05) is 4.90 Å². The average Bonchev–Trinajstić information content (AvgIpc) is 2.68. The summed E-state index contributed by atoms with van der Waals surface area (Å²) in [4.78, 5) is 38.7. The summed E-state index contributed by atoms with van der Waals surface area (Å²) in [5.74, 6) is -0.405. The molecule has 2 rings (SSSR count). The summed E-state index contributed by atoms with van der Waals surface area (Å²) in [5.41, 5.74) is 0.207. The Hall–Kier alpha value is -2.41. The lowest BCUT2D eigenvalue weighted by molar-refractivity contribution is -0.136. The van der Waals surface area contributed by atoms with Gasteiger partial charge >= 0.3 is 6.09 Å². The number of nitrogens with one attached hydrogen (secondary N) is 1. The Bertz CT molecular complexity index is 733. The minimum absolute atomic E-state index is 0.396. The molecule has 0 bridgehead atoms. The maximum Gasteiger partial charge on any atom is 0.408 e. The smallest absolute Gasteiger partial charge is 0.408 e. The summed E-state index contributed by atoms with van der Waals surface area (Å²) in [7, 11) is 0. The van der Waals surface area contributed by atoms with Gasteiger partial charge in [-0.05, 0) is 66.0 Å². The van der Waals surface area contributed by atoms with E-state index in [0.717, 1.165) is 5.56 Å². The van der Waals surface area contributed by atoms with Gasteiger partial charge in [-0.2, -0.15) is 0 Å². The molecule has 154 valence electrons. The lowest BCUT2D eigenvalue weighted by Crippen LogP contribution is -2.54. The van der Waals surface area contributed by atoms with Crippen molar-refractivity contribution in [1.82, 2.24) is 5.32 Å². The number of rotatable bonds is 4. The molecule has 2 amide bonds. The zero-order valence-electron chi connectivity index (χ0n) is 17.4. The Kier molecular flexibility index (Phi) is 6.49. The van der Waals surface area contributed by atoms with Crippen LogP contribution in [0.25, 0.3) is 0 Å². The first-order valence-corrected chi connectivity index (χ1v) is 9.45. The highest BCUT2D eigenvalue weighted by molar-refractivity contribution is 6.02. The number of aryl methyl sites for hydroxylation is 1. The fraction of sp³-hybridized carbons (Fsp3) is 0.571. The van der Waals surface area contributed by atoms with Crippen molar-refractivity contribution in [2.24, 2.45) is 0 Å². The van der Waals surface area contributed by atoms with Crippen LogP contribution >= 0.6 is 0 Å². The molecule has 28 heavy (non-hydrogen) atoms. The first-order valence-electron chi connectivity index (χ1n) is 9.45. The number of alkyl carbamates (subject to hydrolysis) is 1. The molecule has 1 heterocycles. The molecule has 2 atom stereocenters. The summed E-state index contributed by atoms with van der Waals surface area (Å²) >= 11 is 0. The van der Waals surface area contributed by atoms with E-state index in [0.29, 0.717) is 24.8 Å². The summed E-state index contributed by atoms with van der Waals surface area (Å²) in [5, 5.41) is 2.65. The second-order valence-electron chi connectivity index (χ2n) is 8.83. The molecule has 7 heteroatoms. The number of nitrogens with zero attached hydrogens (tertiary/aromatic N) is 1. The molecule has 1 N–H and O–H groups in total. The van der Waals surface area contributed by atoms with Crippen molar-refractivity contribution in [3.05, 3.63) is 29.8 Å². The molecule has 1 aliphatic rings. The zero-order chi connectivity index (χ0) is 21.1. The van der Waals surface area contributed by atoms with Gasteiger partial charge in [0.15, 0.2) is 12.5 Å². The van der Waals surface area contributed by atoms with Gasteiger partial charge in [-0.1, -0.05) is 18.2 Å². The van der Waals surface area contributed by atoms with Gasteiger partial charge in [0, 0.05) is 5.69 Å². The van der Waals surface area contributed by atoms with Crippen LogP contribution < -0.4 is 10.2 Å². The number of anilines is 1. The van der Waals surface area contributed by atoms with Gasteiger partial charge in [0.05, 0.1) is 5.60 Å². The number of carbonyl (C=O) groups excluding carboxylic acids is 3. The van der Waals surface area contributed by atoms with Crippen molar-refractivity contribution >= 4 is 24.0 Å². The summed E-state index contributed by atoms with van der Waals surface area (Å²) < 4.78 is 11.1. The number of amides is 2. The minimum atomic E-state index is -1.10. The first-order chi connectivity index (χ1) is 12.9. The minimum Gasteiger partial charge on any atom is -0.444 e. The monoisotopic (exact) mass is 390 g/mol. The van der Waals surface area contributed by atoms with Crippen LogP contribution in [-0.2, 0) is 25.5 Å². The number of benzene rings is 1. The van der Waals surface area contributed by atoms with Crippen LogP contribution in [0.5, 0.6) is 0 Å². The normalized spacial score (nSPS) is 18.7. The predicted octanol–water partition coefficient (Wildman–Crippen LogP) is 3.20. The Labute approximate surface area is 166 Å². The molecule has 0 spiro atoms. The Balaban J connectivity index is 2.36. The maximum absolute atomic E-state index is 13.3. The van der Waals surface area contributed by atoms with Gasteiger partial charge in [0.25, 0.3) is 5.91 Å². The Morgan fingerprint density at radius 3 is 2.39 bits per heavy atom. The molecule has 2 unspecified atom stereocenters. The van der Waals surface area contributed by atoms with Crippen molar-refractivity contribution < 1.29 is 23.9 Å². The fourth-order valence-electron chi connectivity index (χ4n) is 3.02. The van der Waals surface area contributed by atoms with E-state index >= 15 is 0 Å². The summed E-state index contributed by atoms with van der Waals surface area (Å²) in [6, 6.07) is 6.55. The SMILES string of the molecule is CC(C)(C)OC(=O)NC1CCc2ccccc2N(C(C=O)OC(C)(C)C)C1=O. The van der Waals surface area contributed by atoms with E-state index in [1.54, 1.807) is 32.9 Å². The number of para-hydroxylation sites is 1. The summed E-state index contributed by atoms with van der Waals surface area (Å²) in [6.07, 6.45) is -0.201. The van der Waals surface area contributed by atoms with Crippen LogP contribution in [0.1, 0.15) is 53.5 Å². The van der Waals surface area contributed by atoms with Gasteiger partial charge < -0.3 is 14.8 Å².